The molecule has 104 valence electrons. The molecule has 0 aliphatic rings. The van der Waals surface area contributed by atoms with Crippen LogP contribution in [0.5, 0.6) is 0 Å². The van der Waals surface area contributed by atoms with Crippen LogP contribution in [0.2, 0.25) is 0 Å². The molecule has 0 spiro atoms. The van der Waals surface area contributed by atoms with Crippen molar-refractivity contribution in [3.05, 3.63) is 24.0 Å². The van der Waals surface area contributed by atoms with Crippen LogP contribution in [0, 0.1) is 11.3 Å². The normalized spacial score (nSPS) is 12.1. The van der Waals surface area contributed by atoms with Crippen molar-refractivity contribution >= 4 is 10.0 Å². The van der Waals surface area contributed by atoms with E-state index in [1.54, 1.807) is 6.07 Å². The first-order valence-electron chi connectivity index (χ1n) is 5.16. The van der Waals surface area contributed by atoms with Crippen LogP contribution in [0.4, 0.5) is 0 Å². The molecule has 0 amide bonds. The molecule has 0 saturated carbocycles. The second-order valence-electron chi connectivity index (χ2n) is 3.82. The second-order valence-corrected chi connectivity index (χ2v) is 5.47. The molecule has 8 nitrogen and oxygen atoms in total. The third-order valence-electron chi connectivity index (χ3n) is 2.42. The van der Waals surface area contributed by atoms with Gasteiger partial charge in [0, 0.05) is 6.20 Å². The van der Waals surface area contributed by atoms with Crippen LogP contribution >= 0.6 is 0 Å². The lowest BCUT2D eigenvalue weighted by atomic mass is 10.1. The number of hydrogen-bond donors (Lipinski definition) is 4. The van der Waals surface area contributed by atoms with Gasteiger partial charge in [0.25, 0.3) is 0 Å². The van der Waals surface area contributed by atoms with Gasteiger partial charge in [-0.15, -0.1) is 0 Å². The number of hydrogen-bond acceptors (Lipinski definition) is 7. The summed E-state index contributed by atoms with van der Waals surface area (Å²) < 4.78 is 26.1. The van der Waals surface area contributed by atoms with Gasteiger partial charge in [0.05, 0.1) is 19.8 Å². The summed E-state index contributed by atoms with van der Waals surface area (Å²) in [5.41, 5.74) is -2.13. The third kappa shape index (κ3) is 3.25. The molecule has 0 atom stereocenters. The molecule has 0 aliphatic heterocycles. The molecule has 1 heterocycles. The van der Waals surface area contributed by atoms with Crippen molar-refractivity contribution in [1.29, 1.82) is 5.26 Å². The lowest BCUT2D eigenvalue weighted by molar-refractivity contribution is 0.0582. The highest BCUT2D eigenvalue weighted by Gasteiger charge is 2.35. The molecule has 0 saturated heterocycles. The van der Waals surface area contributed by atoms with Crippen molar-refractivity contribution in [2.24, 2.45) is 0 Å². The van der Waals surface area contributed by atoms with Crippen LogP contribution in [-0.2, 0) is 10.0 Å². The quantitative estimate of drug-likeness (QED) is 0.471. The van der Waals surface area contributed by atoms with E-state index in [4.69, 9.17) is 20.6 Å². The molecule has 0 radical (unpaired) electrons. The van der Waals surface area contributed by atoms with E-state index in [1.165, 1.54) is 12.3 Å². The SMILES string of the molecule is N#Cc1ncccc1S(=O)(=O)NC(CO)(CO)CO. The average Bonchev–Trinajstić information content (AvgIpc) is 2.45. The van der Waals surface area contributed by atoms with Gasteiger partial charge in [0.2, 0.25) is 10.0 Å². The van der Waals surface area contributed by atoms with E-state index in [2.05, 4.69) is 4.98 Å². The van der Waals surface area contributed by atoms with Crippen LogP contribution in [-0.4, -0.2) is 54.1 Å². The number of aromatic nitrogens is 1. The van der Waals surface area contributed by atoms with Gasteiger partial charge >= 0.3 is 0 Å². The first kappa shape index (κ1) is 15.5. The summed E-state index contributed by atoms with van der Waals surface area (Å²) in [4.78, 5) is 3.21. The Morgan fingerprint density at radius 2 is 1.89 bits per heavy atom. The standard InChI is InChI=1S/C10H13N3O5S/c11-4-8-9(2-1-3-12-8)19(17,18)13-10(5-14,6-15)7-16/h1-3,13-16H,5-7H2. The molecule has 0 aliphatic carbocycles. The molecule has 0 bridgehead atoms. The maximum Gasteiger partial charge on any atom is 0.244 e. The average molecular weight is 287 g/mol. The van der Waals surface area contributed by atoms with Crippen molar-refractivity contribution in [1.82, 2.24) is 9.71 Å². The summed E-state index contributed by atoms with van der Waals surface area (Å²) in [6.45, 7) is -2.41. The summed E-state index contributed by atoms with van der Waals surface area (Å²) in [5, 5.41) is 36.1. The van der Waals surface area contributed by atoms with Crippen molar-refractivity contribution in [2.45, 2.75) is 10.4 Å². The lowest BCUT2D eigenvalue weighted by Crippen LogP contribution is -2.56. The molecule has 1 rings (SSSR count). The minimum atomic E-state index is -4.21. The number of pyridine rings is 1. The van der Waals surface area contributed by atoms with Gasteiger partial charge < -0.3 is 15.3 Å². The Morgan fingerprint density at radius 3 is 2.37 bits per heavy atom. The monoisotopic (exact) mass is 287 g/mol. The Bertz CT molecular complexity index is 569. The number of nitrogens with zero attached hydrogens (tertiary/aromatic N) is 2. The number of nitrogens with one attached hydrogen (secondary N) is 1. The molecule has 1 aromatic heterocycles. The highest BCUT2D eigenvalue weighted by Crippen LogP contribution is 2.15. The fourth-order valence-corrected chi connectivity index (χ4v) is 2.76. The first-order chi connectivity index (χ1) is 8.94. The predicted molar refractivity (Wildman–Crippen MR) is 63.3 cm³/mol. The van der Waals surface area contributed by atoms with Crippen LogP contribution in [0.1, 0.15) is 5.69 Å². The van der Waals surface area contributed by atoms with Crippen molar-refractivity contribution in [3.8, 4) is 6.07 Å². The Kier molecular flexibility index (Phi) is 4.93. The van der Waals surface area contributed by atoms with Gasteiger partial charge in [-0.1, -0.05) is 0 Å². The third-order valence-corrected chi connectivity index (χ3v) is 4.04. The minimum Gasteiger partial charge on any atom is -0.394 e. The molecule has 1 aromatic rings. The zero-order valence-corrected chi connectivity index (χ0v) is 10.6. The summed E-state index contributed by atoms with van der Waals surface area (Å²) in [7, 11) is -4.21. The highest BCUT2D eigenvalue weighted by molar-refractivity contribution is 7.89. The van der Waals surface area contributed by atoms with Gasteiger partial charge in [-0.3, -0.25) is 0 Å². The largest absolute Gasteiger partial charge is 0.394 e. The number of rotatable bonds is 6. The molecule has 9 heteroatoms. The van der Waals surface area contributed by atoms with Crippen LogP contribution in [0.15, 0.2) is 23.2 Å². The van der Waals surface area contributed by atoms with E-state index in [0.717, 1.165) is 6.07 Å². The van der Waals surface area contributed by atoms with E-state index in [1.807, 2.05) is 4.72 Å². The molecule has 4 N–H and O–H groups in total. The Balaban J connectivity index is 3.22. The van der Waals surface area contributed by atoms with Crippen molar-refractivity contribution < 1.29 is 23.7 Å². The number of sulfonamides is 1. The minimum absolute atomic E-state index is 0.322. The van der Waals surface area contributed by atoms with Crippen LogP contribution in [0.25, 0.3) is 0 Å². The van der Waals surface area contributed by atoms with Crippen LogP contribution in [0.3, 0.4) is 0 Å². The van der Waals surface area contributed by atoms with Gasteiger partial charge in [0.1, 0.15) is 16.5 Å². The zero-order chi connectivity index (χ0) is 14.5. The number of nitriles is 1. The first-order valence-corrected chi connectivity index (χ1v) is 6.64. The van der Waals surface area contributed by atoms with E-state index in [9.17, 15) is 8.42 Å². The molecular formula is C10H13N3O5S. The van der Waals surface area contributed by atoms with Gasteiger partial charge in [-0.25, -0.2) is 13.4 Å². The molecule has 0 unspecified atom stereocenters. The van der Waals surface area contributed by atoms with Crippen LogP contribution < -0.4 is 4.72 Å². The highest BCUT2D eigenvalue weighted by atomic mass is 32.2. The van der Waals surface area contributed by atoms with Gasteiger partial charge in [0.15, 0.2) is 5.69 Å². The Hall–Kier alpha value is -1.57. The summed E-state index contributed by atoms with van der Waals surface area (Å²) >= 11 is 0. The number of aliphatic hydroxyl groups excluding tert-OH is 3. The van der Waals surface area contributed by atoms with E-state index >= 15 is 0 Å². The van der Waals surface area contributed by atoms with E-state index in [-0.39, 0.29) is 5.69 Å². The zero-order valence-electron chi connectivity index (χ0n) is 9.81. The molecular weight excluding hydrogens is 274 g/mol. The lowest BCUT2D eigenvalue weighted by Gasteiger charge is -2.28. The smallest absolute Gasteiger partial charge is 0.244 e. The summed E-state index contributed by atoms with van der Waals surface area (Å²) in [6, 6.07) is 4.11. The van der Waals surface area contributed by atoms with Gasteiger partial charge in [-0.05, 0) is 12.1 Å². The maximum atomic E-state index is 12.1. The molecule has 0 fully saturated rings. The fourth-order valence-electron chi connectivity index (χ4n) is 1.28. The van der Waals surface area contributed by atoms with Crippen molar-refractivity contribution in [3.63, 3.8) is 0 Å². The topological polar surface area (TPSA) is 144 Å². The molecule has 0 aromatic carbocycles. The summed E-state index contributed by atoms with van der Waals surface area (Å²) in [5.74, 6) is 0. The van der Waals surface area contributed by atoms with E-state index in [0.29, 0.717) is 0 Å². The van der Waals surface area contributed by atoms with E-state index < -0.39 is 40.3 Å². The molecule has 19 heavy (non-hydrogen) atoms. The van der Waals surface area contributed by atoms with Crippen molar-refractivity contribution in [2.75, 3.05) is 19.8 Å². The Morgan fingerprint density at radius 1 is 1.32 bits per heavy atom. The predicted octanol–water partition coefficient (Wildman–Crippen LogP) is -2.05. The summed E-state index contributed by atoms with van der Waals surface area (Å²) in [6.07, 6.45) is 1.26. The number of aliphatic hydroxyl groups is 3. The second kappa shape index (κ2) is 6.05. The van der Waals surface area contributed by atoms with Gasteiger partial charge in [-0.2, -0.15) is 9.98 Å². The maximum absolute atomic E-state index is 12.1. The fraction of sp³-hybridized carbons (Fsp3) is 0.400. The Labute approximate surface area is 110 Å².